The maximum absolute atomic E-state index is 11.9. The molecule has 6 nitrogen and oxygen atoms in total. The zero-order chi connectivity index (χ0) is 16.4. The van der Waals surface area contributed by atoms with Crippen molar-refractivity contribution in [2.75, 3.05) is 19.8 Å². The van der Waals surface area contributed by atoms with Gasteiger partial charge in [0.2, 0.25) is 5.91 Å². The monoisotopic (exact) mass is 384 g/mol. The summed E-state index contributed by atoms with van der Waals surface area (Å²) in [6, 6.07) is 1.81. The number of aromatic nitrogens is 1. The van der Waals surface area contributed by atoms with Crippen LogP contribution in [0.25, 0.3) is 0 Å². The highest BCUT2D eigenvalue weighted by Gasteiger charge is 2.31. The standard InChI is InChI=1S/C16H21BrN2O4/c1-18-9-13(17)14(8-15(18)20)23-12-4-2-11(3-5-12)19-6-7-22-10-16(19)21/h8-9,11-12H,2-7,10H2,1H3. The maximum atomic E-state index is 11.9. The first-order chi connectivity index (χ1) is 11.0. The highest BCUT2D eigenvalue weighted by Crippen LogP contribution is 2.30. The topological polar surface area (TPSA) is 60.8 Å². The van der Waals surface area contributed by atoms with Crippen molar-refractivity contribution in [1.82, 2.24) is 9.47 Å². The molecule has 0 bridgehead atoms. The van der Waals surface area contributed by atoms with E-state index >= 15 is 0 Å². The second kappa shape index (κ2) is 7.05. The normalized spacial score (nSPS) is 25.5. The van der Waals surface area contributed by atoms with Gasteiger partial charge in [-0.05, 0) is 41.6 Å². The zero-order valence-electron chi connectivity index (χ0n) is 13.2. The molecule has 2 fully saturated rings. The van der Waals surface area contributed by atoms with Crippen LogP contribution in [0.1, 0.15) is 25.7 Å². The number of rotatable bonds is 3. The van der Waals surface area contributed by atoms with E-state index in [9.17, 15) is 9.59 Å². The minimum Gasteiger partial charge on any atom is -0.489 e. The lowest BCUT2D eigenvalue weighted by Crippen LogP contribution is -2.49. The molecule has 0 atom stereocenters. The highest BCUT2D eigenvalue weighted by atomic mass is 79.9. The van der Waals surface area contributed by atoms with Crippen LogP contribution in [0.15, 0.2) is 21.5 Å². The van der Waals surface area contributed by atoms with Crippen LogP contribution in [-0.4, -0.2) is 47.3 Å². The predicted molar refractivity (Wildman–Crippen MR) is 88.6 cm³/mol. The van der Waals surface area contributed by atoms with Gasteiger partial charge < -0.3 is 18.9 Å². The lowest BCUT2D eigenvalue weighted by atomic mass is 9.91. The summed E-state index contributed by atoms with van der Waals surface area (Å²) in [5.41, 5.74) is -0.0872. The van der Waals surface area contributed by atoms with E-state index in [0.717, 1.165) is 30.2 Å². The number of nitrogens with zero attached hydrogens (tertiary/aromatic N) is 2. The molecule has 1 aromatic rings. The van der Waals surface area contributed by atoms with Crippen molar-refractivity contribution in [2.45, 2.75) is 37.8 Å². The summed E-state index contributed by atoms with van der Waals surface area (Å²) >= 11 is 3.44. The largest absolute Gasteiger partial charge is 0.489 e. The molecular formula is C16H21BrN2O4. The minimum atomic E-state index is -0.0872. The molecule has 126 valence electrons. The summed E-state index contributed by atoms with van der Waals surface area (Å²) in [6.07, 6.45) is 5.44. The summed E-state index contributed by atoms with van der Waals surface area (Å²) in [7, 11) is 1.71. The number of carbonyl (C=O) groups is 1. The number of hydrogen-bond donors (Lipinski definition) is 0. The summed E-state index contributed by atoms with van der Waals surface area (Å²) in [5, 5.41) is 0. The molecule has 2 heterocycles. The van der Waals surface area contributed by atoms with Crippen molar-refractivity contribution >= 4 is 21.8 Å². The molecule has 0 aromatic carbocycles. The molecule has 0 spiro atoms. The Kier molecular flexibility index (Phi) is 5.06. The van der Waals surface area contributed by atoms with Crippen molar-refractivity contribution in [3.05, 3.63) is 27.1 Å². The van der Waals surface area contributed by atoms with Gasteiger partial charge in [0.15, 0.2) is 0 Å². The molecule has 7 heteroatoms. The van der Waals surface area contributed by atoms with Gasteiger partial charge in [0.25, 0.3) is 5.56 Å². The number of carbonyl (C=O) groups excluding carboxylic acids is 1. The van der Waals surface area contributed by atoms with Gasteiger partial charge in [-0.15, -0.1) is 0 Å². The maximum Gasteiger partial charge on any atom is 0.254 e. The molecule has 3 rings (SSSR count). The number of ether oxygens (including phenoxy) is 2. The zero-order valence-corrected chi connectivity index (χ0v) is 14.8. The second-order valence-electron chi connectivity index (χ2n) is 6.12. The van der Waals surface area contributed by atoms with Crippen LogP contribution < -0.4 is 10.3 Å². The quantitative estimate of drug-likeness (QED) is 0.795. The molecular weight excluding hydrogens is 364 g/mol. The number of amides is 1. The molecule has 1 saturated heterocycles. The highest BCUT2D eigenvalue weighted by molar-refractivity contribution is 9.10. The molecule has 1 aromatic heterocycles. The van der Waals surface area contributed by atoms with Crippen molar-refractivity contribution in [3.8, 4) is 5.75 Å². The van der Waals surface area contributed by atoms with E-state index in [1.54, 1.807) is 13.2 Å². The van der Waals surface area contributed by atoms with Crippen molar-refractivity contribution in [2.24, 2.45) is 7.05 Å². The Morgan fingerprint density at radius 3 is 2.70 bits per heavy atom. The number of halogens is 1. The lowest BCUT2D eigenvalue weighted by Gasteiger charge is -2.38. The van der Waals surface area contributed by atoms with E-state index in [1.807, 2.05) is 4.90 Å². The average Bonchev–Trinajstić information content (AvgIpc) is 2.54. The van der Waals surface area contributed by atoms with Crippen LogP contribution in [0, 0.1) is 0 Å². The summed E-state index contributed by atoms with van der Waals surface area (Å²) < 4.78 is 13.5. The molecule has 1 aliphatic heterocycles. The van der Waals surface area contributed by atoms with Crippen LogP contribution in [0.4, 0.5) is 0 Å². The Morgan fingerprint density at radius 2 is 2.00 bits per heavy atom. The van der Waals surface area contributed by atoms with E-state index in [2.05, 4.69) is 15.9 Å². The van der Waals surface area contributed by atoms with Gasteiger partial charge in [0.1, 0.15) is 12.4 Å². The molecule has 0 radical (unpaired) electrons. The fraction of sp³-hybridized carbons (Fsp3) is 0.625. The first kappa shape index (κ1) is 16.5. The molecule has 2 aliphatic rings. The summed E-state index contributed by atoms with van der Waals surface area (Å²) in [6.45, 7) is 1.52. The Labute approximate surface area is 143 Å². The van der Waals surface area contributed by atoms with Crippen molar-refractivity contribution in [3.63, 3.8) is 0 Å². The van der Waals surface area contributed by atoms with Gasteiger partial charge in [-0.2, -0.15) is 0 Å². The van der Waals surface area contributed by atoms with Crippen LogP contribution in [0.3, 0.4) is 0 Å². The smallest absolute Gasteiger partial charge is 0.254 e. The van der Waals surface area contributed by atoms with Crippen molar-refractivity contribution in [1.29, 1.82) is 0 Å². The Morgan fingerprint density at radius 1 is 1.26 bits per heavy atom. The average molecular weight is 385 g/mol. The van der Waals surface area contributed by atoms with E-state index in [4.69, 9.17) is 9.47 Å². The molecule has 1 aliphatic carbocycles. The molecule has 23 heavy (non-hydrogen) atoms. The van der Waals surface area contributed by atoms with Gasteiger partial charge >= 0.3 is 0 Å². The number of pyridine rings is 1. The predicted octanol–water partition coefficient (Wildman–Crippen LogP) is 1.70. The van der Waals surface area contributed by atoms with E-state index in [0.29, 0.717) is 24.9 Å². The fourth-order valence-corrected chi connectivity index (χ4v) is 3.76. The van der Waals surface area contributed by atoms with Crippen LogP contribution in [0.5, 0.6) is 5.75 Å². The Hall–Kier alpha value is -1.34. The van der Waals surface area contributed by atoms with Crippen LogP contribution in [0.2, 0.25) is 0 Å². The number of aryl methyl sites for hydroxylation is 1. The van der Waals surface area contributed by atoms with Gasteiger partial charge in [-0.3, -0.25) is 9.59 Å². The molecule has 0 N–H and O–H groups in total. The van der Waals surface area contributed by atoms with Crippen molar-refractivity contribution < 1.29 is 14.3 Å². The summed E-state index contributed by atoms with van der Waals surface area (Å²) in [4.78, 5) is 25.6. The molecule has 1 saturated carbocycles. The first-order valence-corrected chi connectivity index (χ1v) is 8.74. The van der Waals surface area contributed by atoms with Gasteiger partial charge in [0.05, 0.1) is 17.2 Å². The Balaban J connectivity index is 1.58. The molecule has 1 amide bonds. The first-order valence-electron chi connectivity index (χ1n) is 7.94. The molecule has 0 unspecified atom stereocenters. The third kappa shape index (κ3) is 3.77. The van der Waals surface area contributed by atoms with Crippen LogP contribution >= 0.6 is 15.9 Å². The fourth-order valence-electron chi connectivity index (χ4n) is 3.24. The second-order valence-corrected chi connectivity index (χ2v) is 6.98. The van der Waals surface area contributed by atoms with Gasteiger partial charge in [-0.25, -0.2) is 0 Å². The third-order valence-corrected chi connectivity index (χ3v) is 5.14. The van der Waals surface area contributed by atoms with E-state index < -0.39 is 0 Å². The van der Waals surface area contributed by atoms with Crippen LogP contribution in [-0.2, 0) is 16.6 Å². The third-order valence-electron chi connectivity index (χ3n) is 4.55. The number of morpholine rings is 1. The minimum absolute atomic E-state index is 0.0872. The van der Waals surface area contributed by atoms with E-state index in [-0.39, 0.29) is 24.2 Å². The lowest BCUT2D eigenvalue weighted by molar-refractivity contribution is -0.146. The number of hydrogen-bond acceptors (Lipinski definition) is 4. The van der Waals surface area contributed by atoms with Gasteiger partial charge in [-0.1, -0.05) is 0 Å². The van der Waals surface area contributed by atoms with Gasteiger partial charge in [0, 0.05) is 31.9 Å². The van der Waals surface area contributed by atoms with E-state index in [1.165, 1.54) is 10.6 Å². The SMILES string of the molecule is Cn1cc(Br)c(OC2CCC(N3CCOCC3=O)CC2)cc1=O. The Bertz CT molecular complexity index is 637. The summed E-state index contributed by atoms with van der Waals surface area (Å²) in [5.74, 6) is 0.689.